The first kappa shape index (κ1) is 17.5. The van der Waals surface area contributed by atoms with E-state index in [0.29, 0.717) is 12.1 Å². The SMILES string of the molecule is CC(C)N1CCN(c2ccc(N3CCN(C(C)C)CC3)nc2)CC1. The molecule has 134 valence electrons. The Kier molecular flexibility index (Phi) is 5.61. The number of aromatic nitrogens is 1. The van der Waals surface area contributed by atoms with Gasteiger partial charge in [-0.3, -0.25) is 9.80 Å². The highest BCUT2D eigenvalue weighted by Gasteiger charge is 2.21. The van der Waals surface area contributed by atoms with Gasteiger partial charge < -0.3 is 9.80 Å². The lowest BCUT2D eigenvalue weighted by atomic mass is 10.2. The topological polar surface area (TPSA) is 25.9 Å². The Balaban J connectivity index is 1.55. The standard InChI is InChI=1S/C19H33N5/c1-16(2)21-7-11-23(12-8-21)18-5-6-19(20-15-18)24-13-9-22(10-14-24)17(3)4/h5-6,15-17H,7-14H2,1-4H3. The van der Waals surface area contributed by atoms with E-state index in [1.807, 2.05) is 0 Å². The summed E-state index contributed by atoms with van der Waals surface area (Å²) >= 11 is 0. The van der Waals surface area contributed by atoms with Gasteiger partial charge in [-0.1, -0.05) is 0 Å². The van der Waals surface area contributed by atoms with Crippen LogP contribution in [0.15, 0.2) is 18.3 Å². The van der Waals surface area contributed by atoms with Gasteiger partial charge in [0.25, 0.3) is 0 Å². The minimum atomic E-state index is 0.645. The number of hydrogen-bond acceptors (Lipinski definition) is 5. The van der Waals surface area contributed by atoms with E-state index in [1.54, 1.807) is 0 Å². The predicted molar refractivity (Wildman–Crippen MR) is 102 cm³/mol. The molecule has 0 aromatic carbocycles. The van der Waals surface area contributed by atoms with Crippen molar-refractivity contribution in [1.29, 1.82) is 0 Å². The maximum absolute atomic E-state index is 4.75. The van der Waals surface area contributed by atoms with Crippen molar-refractivity contribution in [3.05, 3.63) is 18.3 Å². The van der Waals surface area contributed by atoms with Crippen LogP contribution in [0.5, 0.6) is 0 Å². The van der Waals surface area contributed by atoms with Crippen LogP contribution >= 0.6 is 0 Å². The van der Waals surface area contributed by atoms with Crippen molar-refractivity contribution in [2.45, 2.75) is 39.8 Å². The first-order valence-electron chi connectivity index (χ1n) is 9.48. The fraction of sp³-hybridized carbons (Fsp3) is 0.737. The Labute approximate surface area is 147 Å². The van der Waals surface area contributed by atoms with Crippen LogP contribution in [0.1, 0.15) is 27.7 Å². The van der Waals surface area contributed by atoms with E-state index in [9.17, 15) is 0 Å². The van der Waals surface area contributed by atoms with E-state index in [4.69, 9.17) is 4.98 Å². The normalized spacial score (nSPS) is 21.1. The number of hydrogen-bond donors (Lipinski definition) is 0. The van der Waals surface area contributed by atoms with Crippen molar-refractivity contribution in [2.75, 3.05) is 62.2 Å². The van der Waals surface area contributed by atoms with Crippen LogP contribution < -0.4 is 9.80 Å². The summed E-state index contributed by atoms with van der Waals surface area (Å²) in [4.78, 5) is 14.7. The maximum atomic E-state index is 4.75. The molecule has 1 aromatic rings. The fourth-order valence-corrected chi connectivity index (χ4v) is 3.72. The van der Waals surface area contributed by atoms with Gasteiger partial charge in [0.05, 0.1) is 11.9 Å². The van der Waals surface area contributed by atoms with Crippen LogP contribution in [0.4, 0.5) is 11.5 Å². The molecule has 0 aliphatic carbocycles. The van der Waals surface area contributed by atoms with Crippen molar-refractivity contribution in [3.63, 3.8) is 0 Å². The molecule has 0 atom stereocenters. The molecule has 0 N–H and O–H groups in total. The summed E-state index contributed by atoms with van der Waals surface area (Å²) in [5, 5.41) is 0. The van der Waals surface area contributed by atoms with Gasteiger partial charge in [-0.25, -0.2) is 4.98 Å². The van der Waals surface area contributed by atoms with Gasteiger partial charge in [-0.15, -0.1) is 0 Å². The summed E-state index contributed by atoms with van der Waals surface area (Å²) in [5.41, 5.74) is 1.27. The largest absolute Gasteiger partial charge is 0.368 e. The molecule has 0 saturated carbocycles. The Morgan fingerprint density at radius 1 is 0.708 bits per heavy atom. The molecule has 0 unspecified atom stereocenters. The van der Waals surface area contributed by atoms with Gasteiger partial charge >= 0.3 is 0 Å². The van der Waals surface area contributed by atoms with Crippen molar-refractivity contribution < 1.29 is 0 Å². The van der Waals surface area contributed by atoms with Crippen LogP contribution in [0.3, 0.4) is 0 Å². The van der Waals surface area contributed by atoms with Crippen LogP contribution in [0.2, 0.25) is 0 Å². The first-order chi connectivity index (χ1) is 11.5. The van der Waals surface area contributed by atoms with Crippen LogP contribution in [0, 0.1) is 0 Å². The molecule has 0 radical (unpaired) electrons. The Hall–Kier alpha value is -1.33. The summed E-state index contributed by atoms with van der Waals surface area (Å²) in [6, 6.07) is 5.75. The molecule has 0 bridgehead atoms. The van der Waals surface area contributed by atoms with Crippen molar-refractivity contribution in [2.24, 2.45) is 0 Å². The second kappa shape index (κ2) is 7.70. The van der Waals surface area contributed by atoms with Crippen molar-refractivity contribution in [3.8, 4) is 0 Å². The van der Waals surface area contributed by atoms with E-state index < -0.39 is 0 Å². The third kappa shape index (κ3) is 4.01. The fourth-order valence-electron chi connectivity index (χ4n) is 3.72. The molecule has 2 aliphatic heterocycles. The van der Waals surface area contributed by atoms with E-state index in [2.05, 4.69) is 65.6 Å². The molecule has 24 heavy (non-hydrogen) atoms. The predicted octanol–water partition coefficient (Wildman–Crippen LogP) is 2.14. The highest BCUT2D eigenvalue weighted by molar-refractivity contribution is 5.51. The van der Waals surface area contributed by atoms with Crippen LogP contribution in [0.25, 0.3) is 0 Å². The molecular weight excluding hydrogens is 298 g/mol. The summed E-state index contributed by atoms with van der Waals surface area (Å²) in [5.74, 6) is 1.13. The van der Waals surface area contributed by atoms with Gasteiger partial charge in [-0.2, -0.15) is 0 Å². The zero-order valence-electron chi connectivity index (χ0n) is 15.8. The number of piperazine rings is 2. The van der Waals surface area contributed by atoms with Crippen molar-refractivity contribution in [1.82, 2.24) is 14.8 Å². The highest BCUT2D eigenvalue weighted by Crippen LogP contribution is 2.21. The number of rotatable bonds is 4. The summed E-state index contributed by atoms with van der Waals surface area (Å²) < 4.78 is 0. The monoisotopic (exact) mass is 331 g/mol. The minimum absolute atomic E-state index is 0.645. The Morgan fingerprint density at radius 2 is 1.21 bits per heavy atom. The van der Waals surface area contributed by atoms with E-state index in [0.717, 1.165) is 58.2 Å². The summed E-state index contributed by atoms with van der Waals surface area (Å²) in [6.07, 6.45) is 2.06. The Bertz CT molecular complexity index is 450. The second-order valence-corrected chi connectivity index (χ2v) is 7.61. The van der Waals surface area contributed by atoms with E-state index in [1.165, 1.54) is 5.69 Å². The van der Waals surface area contributed by atoms with Gasteiger partial charge in [0.2, 0.25) is 0 Å². The third-order valence-corrected chi connectivity index (χ3v) is 5.51. The summed E-state index contributed by atoms with van der Waals surface area (Å²) in [6.45, 7) is 18.1. The van der Waals surface area contributed by atoms with Crippen molar-refractivity contribution >= 4 is 11.5 Å². The molecule has 0 spiro atoms. The smallest absolute Gasteiger partial charge is 0.128 e. The van der Waals surface area contributed by atoms with E-state index in [-0.39, 0.29) is 0 Å². The molecule has 1 aromatic heterocycles. The molecule has 3 heterocycles. The first-order valence-corrected chi connectivity index (χ1v) is 9.48. The average Bonchev–Trinajstić information content (AvgIpc) is 2.62. The quantitative estimate of drug-likeness (QED) is 0.842. The number of anilines is 2. The van der Waals surface area contributed by atoms with Crippen LogP contribution in [-0.4, -0.2) is 79.2 Å². The second-order valence-electron chi connectivity index (χ2n) is 7.61. The number of pyridine rings is 1. The van der Waals surface area contributed by atoms with Crippen LogP contribution in [-0.2, 0) is 0 Å². The van der Waals surface area contributed by atoms with Gasteiger partial charge in [0.1, 0.15) is 5.82 Å². The lowest BCUT2D eigenvalue weighted by Crippen LogP contribution is -2.49. The lowest BCUT2D eigenvalue weighted by molar-refractivity contribution is 0.208. The minimum Gasteiger partial charge on any atom is -0.368 e. The number of nitrogens with zero attached hydrogens (tertiary/aromatic N) is 5. The molecule has 2 saturated heterocycles. The highest BCUT2D eigenvalue weighted by atomic mass is 15.3. The lowest BCUT2D eigenvalue weighted by Gasteiger charge is -2.39. The Morgan fingerprint density at radius 3 is 1.62 bits per heavy atom. The van der Waals surface area contributed by atoms with Gasteiger partial charge in [-0.05, 0) is 39.8 Å². The third-order valence-electron chi connectivity index (χ3n) is 5.51. The average molecular weight is 332 g/mol. The maximum Gasteiger partial charge on any atom is 0.128 e. The molecular formula is C19H33N5. The van der Waals surface area contributed by atoms with Gasteiger partial charge in [0.15, 0.2) is 0 Å². The molecule has 3 rings (SSSR count). The zero-order valence-corrected chi connectivity index (χ0v) is 15.8. The summed E-state index contributed by atoms with van der Waals surface area (Å²) in [7, 11) is 0. The molecule has 2 fully saturated rings. The molecule has 5 nitrogen and oxygen atoms in total. The molecule has 0 amide bonds. The molecule has 2 aliphatic rings. The van der Waals surface area contributed by atoms with Gasteiger partial charge in [0, 0.05) is 64.4 Å². The zero-order chi connectivity index (χ0) is 17.1. The molecule has 5 heteroatoms. The van der Waals surface area contributed by atoms with E-state index >= 15 is 0 Å².